The first kappa shape index (κ1) is 19.4. The number of nitrogens with zero attached hydrogens (tertiary/aromatic N) is 1. The smallest absolute Gasteiger partial charge is 0.240 e. The average molecular weight is 395 g/mol. The van der Waals surface area contributed by atoms with Crippen LogP contribution in [-0.2, 0) is 10.0 Å². The van der Waals surface area contributed by atoms with Crippen LogP contribution in [0.1, 0.15) is 30.7 Å². The van der Waals surface area contributed by atoms with Crippen molar-refractivity contribution in [3.8, 4) is 5.75 Å². The molecule has 5 nitrogen and oxygen atoms in total. The normalized spacial score (nSPS) is 17.9. The predicted octanol–water partition coefficient (Wildman–Crippen LogP) is 3.51. The van der Waals surface area contributed by atoms with Gasteiger partial charge >= 0.3 is 0 Å². The Labute approximate surface area is 160 Å². The highest BCUT2D eigenvalue weighted by molar-refractivity contribution is 7.89. The van der Waals surface area contributed by atoms with Crippen LogP contribution in [0.3, 0.4) is 0 Å². The van der Waals surface area contributed by atoms with Crippen molar-refractivity contribution in [2.24, 2.45) is 5.92 Å². The van der Waals surface area contributed by atoms with E-state index in [4.69, 9.17) is 4.74 Å². The van der Waals surface area contributed by atoms with Crippen LogP contribution < -0.4 is 9.46 Å². The Morgan fingerprint density at radius 2 is 1.92 bits per heavy atom. The molecule has 0 saturated carbocycles. The molecular weight excluding hydrogens is 368 g/mol. The Kier molecular flexibility index (Phi) is 6.34. The monoisotopic (exact) mass is 394 g/mol. The molecule has 0 aliphatic carbocycles. The number of benzene rings is 1. The number of methoxy groups -OCH3 is 1. The molecule has 0 radical (unpaired) electrons. The number of hydrogen-bond donors (Lipinski definition) is 1. The molecule has 1 aromatic carbocycles. The second kappa shape index (κ2) is 8.52. The third-order valence-electron chi connectivity index (χ3n) is 4.97. The molecule has 3 rings (SSSR count). The zero-order valence-electron chi connectivity index (χ0n) is 15.2. The van der Waals surface area contributed by atoms with Crippen molar-refractivity contribution < 1.29 is 13.2 Å². The van der Waals surface area contributed by atoms with Gasteiger partial charge in [0.05, 0.1) is 18.0 Å². The Morgan fingerprint density at radius 3 is 2.50 bits per heavy atom. The van der Waals surface area contributed by atoms with Crippen LogP contribution >= 0.6 is 11.3 Å². The number of sulfonamides is 1. The third-order valence-corrected chi connectivity index (χ3v) is 7.38. The van der Waals surface area contributed by atoms with Gasteiger partial charge in [-0.15, -0.1) is 11.3 Å². The molecule has 0 bridgehead atoms. The highest BCUT2D eigenvalue weighted by Gasteiger charge is 2.27. The fraction of sp³-hybridized carbons (Fsp3) is 0.474. The highest BCUT2D eigenvalue weighted by Crippen LogP contribution is 2.29. The maximum atomic E-state index is 12.7. The quantitative estimate of drug-likeness (QED) is 0.781. The molecule has 7 heteroatoms. The maximum absolute atomic E-state index is 12.7. The van der Waals surface area contributed by atoms with Crippen LogP contribution in [-0.4, -0.2) is 40.1 Å². The summed E-state index contributed by atoms with van der Waals surface area (Å²) in [6, 6.07) is 10.7. The van der Waals surface area contributed by atoms with E-state index in [1.165, 1.54) is 4.88 Å². The molecule has 2 heterocycles. The average Bonchev–Trinajstić information content (AvgIpc) is 3.18. The molecule has 1 fully saturated rings. The SMILES string of the molecule is COc1ccc(S(=O)(=O)NCC(c2cccs2)N2CCC(C)CC2)cc1. The molecule has 142 valence electrons. The van der Waals surface area contributed by atoms with Crippen LogP contribution in [0.5, 0.6) is 5.75 Å². The summed E-state index contributed by atoms with van der Waals surface area (Å²) in [6.45, 7) is 4.68. The van der Waals surface area contributed by atoms with E-state index in [0.29, 0.717) is 12.3 Å². The van der Waals surface area contributed by atoms with Gasteiger partial charge in [-0.05, 0) is 67.6 Å². The zero-order valence-corrected chi connectivity index (χ0v) is 16.9. The summed E-state index contributed by atoms with van der Waals surface area (Å²) in [7, 11) is -1.99. The third kappa shape index (κ3) is 4.65. The minimum atomic E-state index is -3.55. The minimum absolute atomic E-state index is 0.0792. The number of hydrogen-bond acceptors (Lipinski definition) is 5. The van der Waals surface area contributed by atoms with Crippen LogP contribution in [0.4, 0.5) is 0 Å². The van der Waals surface area contributed by atoms with E-state index >= 15 is 0 Å². The molecule has 1 unspecified atom stereocenters. The maximum Gasteiger partial charge on any atom is 0.240 e. The lowest BCUT2D eigenvalue weighted by atomic mass is 9.97. The molecule has 2 aromatic rings. The van der Waals surface area contributed by atoms with E-state index in [1.54, 1.807) is 42.7 Å². The van der Waals surface area contributed by atoms with Crippen molar-refractivity contribution in [2.75, 3.05) is 26.7 Å². The number of likely N-dealkylation sites (tertiary alicyclic amines) is 1. The lowest BCUT2D eigenvalue weighted by Crippen LogP contribution is -2.41. The summed E-state index contributed by atoms with van der Waals surface area (Å²) in [5.74, 6) is 1.38. The summed E-state index contributed by atoms with van der Waals surface area (Å²) in [5, 5.41) is 2.05. The van der Waals surface area contributed by atoms with E-state index in [9.17, 15) is 8.42 Å². The van der Waals surface area contributed by atoms with Crippen LogP contribution in [0.15, 0.2) is 46.7 Å². The number of rotatable bonds is 7. The molecule has 1 aliphatic heterocycles. The molecule has 1 N–H and O–H groups in total. The molecule has 1 aliphatic rings. The molecular formula is C19H26N2O3S2. The van der Waals surface area contributed by atoms with Gasteiger partial charge in [0.15, 0.2) is 0 Å². The standard InChI is InChI=1S/C19H26N2O3S2/c1-15-9-11-21(12-10-15)18(19-4-3-13-25-19)14-20-26(22,23)17-7-5-16(24-2)6-8-17/h3-8,13,15,18,20H,9-12,14H2,1-2H3. The van der Waals surface area contributed by atoms with Crippen molar-refractivity contribution in [1.82, 2.24) is 9.62 Å². The first-order valence-corrected chi connectivity index (χ1v) is 11.3. The number of thiophene rings is 1. The highest BCUT2D eigenvalue weighted by atomic mass is 32.2. The number of nitrogens with one attached hydrogen (secondary N) is 1. The van der Waals surface area contributed by atoms with Crippen molar-refractivity contribution in [3.63, 3.8) is 0 Å². The molecule has 1 atom stereocenters. The van der Waals surface area contributed by atoms with Gasteiger partial charge in [-0.25, -0.2) is 13.1 Å². The number of piperidine rings is 1. The minimum Gasteiger partial charge on any atom is -0.497 e. The molecule has 1 aromatic heterocycles. The summed E-state index contributed by atoms with van der Waals surface area (Å²) in [5.41, 5.74) is 0. The van der Waals surface area contributed by atoms with Crippen LogP contribution in [0.25, 0.3) is 0 Å². The van der Waals surface area contributed by atoms with Crippen molar-refractivity contribution in [1.29, 1.82) is 0 Å². The summed E-state index contributed by atoms with van der Waals surface area (Å²) in [6.07, 6.45) is 2.32. The van der Waals surface area contributed by atoms with Crippen LogP contribution in [0, 0.1) is 5.92 Å². The van der Waals surface area contributed by atoms with E-state index in [0.717, 1.165) is 31.8 Å². The van der Waals surface area contributed by atoms with Gasteiger partial charge in [-0.2, -0.15) is 0 Å². The lowest BCUT2D eigenvalue weighted by molar-refractivity contribution is 0.141. The molecule has 26 heavy (non-hydrogen) atoms. The van der Waals surface area contributed by atoms with E-state index in [2.05, 4.69) is 22.6 Å². The second-order valence-electron chi connectivity index (χ2n) is 6.78. The zero-order chi connectivity index (χ0) is 18.6. The first-order chi connectivity index (χ1) is 12.5. The fourth-order valence-corrected chi connectivity index (χ4v) is 5.16. The summed E-state index contributed by atoms with van der Waals surface area (Å²) >= 11 is 1.68. The fourth-order valence-electron chi connectivity index (χ4n) is 3.26. The first-order valence-electron chi connectivity index (χ1n) is 8.91. The topological polar surface area (TPSA) is 58.6 Å². The van der Waals surface area contributed by atoms with E-state index in [1.807, 2.05) is 11.4 Å². The number of ether oxygens (including phenoxy) is 1. The van der Waals surface area contributed by atoms with Gasteiger partial charge in [0.2, 0.25) is 10.0 Å². The van der Waals surface area contributed by atoms with E-state index < -0.39 is 10.0 Å². The van der Waals surface area contributed by atoms with Crippen molar-refractivity contribution in [3.05, 3.63) is 46.7 Å². The molecule has 0 amide bonds. The summed E-state index contributed by atoms with van der Waals surface area (Å²) in [4.78, 5) is 3.87. The second-order valence-corrected chi connectivity index (χ2v) is 9.52. The predicted molar refractivity (Wildman–Crippen MR) is 105 cm³/mol. The Hall–Kier alpha value is -1.41. The van der Waals surface area contributed by atoms with Gasteiger partial charge in [-0.3, -0.25) is 4.90 Å². The summed E-state index contributed by atoms with van der Waals surface area (Å²) < 4.78 is 33.2. The Balaban J connectivity index is 1.72. The lowest BCUT2D eigenvalue weighted by Gasteiger charge is -2.36. The largest absolute Gasteiger partial charge is 0.497 e. The Bertz CT molecular complexity index is 781. The van der Waals surface area contributed by atoms with Gasteiger partial charge in [0, 0.05) is 11.4 Å². The molecule has 0 spiro atoms. The van der Waals surface area contributed by atoms with Gasteiger partial charge in [-0.1, -0.05) is 13.0 Å². The van der Waals surface area contributed by atoms with Gasteiger partial charge < -0.3 is 4.74 Å². The van der Waals surface area contributed by atoms with Crippen LogP contribution in [0.2, 0.25) is 0 Å². The van der Waals surface area contributed by atoms with E-state index in [-0.39, 0.29) is 10.9 Å². The Morgan fingerprint density at radius 1 is 1.23 bits per heavy atom. The van der Waals surface area contributed by atoms with Crippen molar-refractivity contribution >= 4 is 21.4 Å². The van der Waals surface area contributed by atoms with Gasteiger partial charge in [0.1, 0.15) is 5.75 Å². The molecule has 1 saturated heterocycles. The van der Waals surface area contributed by atoms with Gasteiger partial charge in [0.25, 0.3) is 0 Å². The van der Waals surface area contributed by atoms with Crippen molar-refractivity contribution in [2.45, 2.75) is 30.7 Å².